The number of nitrogens with zero attached hydrogens (tertiary/aromatic N) is 4. The van der Waals surface area contributed by atoms with E-state index in [9.17, 15) is 5.11 Å². The van der Waals surface area contributed by atoms with Crippen molar-refractivity contribution in [3.8, 4) is 50.6 Å². The fourth-order valence-corrected chi connectivity index (χ4v) is 7.29. The summed E-state index contributed by atoms with van der Waals surface area (Å²) in [5, 5.41) is 12.1. The van der Waals surface area contributed by atoms with Crippen LogP contribution in [0.4, 0.5) is 0 Å². The zero-order chi connectivity index (χ0) is 31.4. The van der Waals surface area contributed by atoms with Crippen molar-refractivity contribution >= 4 is 24.3 Å². The second kappa shape index (κ2) is 10.9. The standard InChI is InChI=1S/C38H40N4OSi/c1-24-14-15-34(43)30(16-24)37-41-36-31(21-39-22-33(36)42(37)5)26-17-27(19-28(18-26)38(2,3)4)32-20-29(25-12-10-9-11-13-25)35(23-40-32)44(6,7)8/h9-23,43H,1-8H3. The van der Waals surface area contributed by atoms with E-state index in [-0.39, 0.29) is 11.2 Å². The van der Waals surface area contributed by atoms with Gasteiger partial charge in [-0.25, -0.2) is 4.98 Å². The number of phenolic OH excluding ortho intramolecular Hbond substituents is 1. The van der Waals surface area contributed by atoms with E-state index < -0.39 is 8.07 Å². The minimum atomic E-state index is -1.66. The van der Waals surface area contributed by atoms with Crippen LogP contribution in [0.3, 0.4) is 0 Å². The summed E-state index contributed by atoms with van der Waals surface area (Å²) in [6, 6.07) is 25.3. The summed E-state index contributed by atoms with van der Waals surface area (Å²) in [5.41, 5.74) is 11.1. The van der Waals surface area contributed by atoms with E-state index in [1.807, 2.05) is 43.1 Å². The first kappa shape index (κ1) is 29.5. The SMILES string of the molecule is Cc1ccc(O)c(-c2nc3c(-c4cc(-c5cc(-c6ccccc6)c([Si](C)(C)C)cn5)cc(C(C)(C)C)c4)cncc3n2C)c1. The monoisotopic (exact) mass is 596 g/mol. The van der Waals surface area contributed by atoms with Crippen LogP contribution in [0.1, 0.15) is 31.9 Å². The van der Waals surface area contributed by atoms with E-state index >= 15 is 0 Å². The lowest BCUT2D eigenvalue weighted by Gasteiger charge is -2.23. The van der Waals surface area contributed by atoms with Gasteiger partial charge in [-0.2, -0.15) is 0 Å². The second-order valence-electron chi connectivity index (χ2n) is 13.9. The predicted octanol–water partition coefficient (Wildman–Crippen LogP) is 8.89. The minimum absolute atomic E-state index is 0.0881. The van der Waals surface area contributed by atoms with Gasteiger partial charge in [0.15, 0.2) is 0 Å². The van der Waals surface area contributed by atoms with Crippen molar-refractivity contribution < 1.29 is 5.11 Å². The molecule has 0 aliphatic heterocycles. The van der Waals surface area contributed by atoms with Gasteiger partial charge in [0.2, 0.25) is 0 Å². The van der Waals surface area contributed by atoms with Crippen molar-refractivity contribution in [3.63, 3.8) is 0 Å². The molecule has 5 nitrogen and oxygen atoms in total. The molecule has 0 aliphatic carbocycles. The average Bonchev–Trinajstić information content (AvgIpc) is 3.33. The maximum atomic E-state index is 10.7. The quantitative estimate of drug-likeness (QED) is 0.202. The highest BCUT2D eigenvalue weighted by Gasteiger charge is 2.24. The van der Waals surface area contributed by atoms with Crippen molar-refractivity contribution in [3.05, 3.63) is 103 Å². The van der Waals surface area contributed by atoms with Crippen molar-refractivity contribution in [1.29, 1.82) is 0 Å². The van der Waals surface area contributed by atoms with Gasteiger partial charge >= 0.3 is 0 Å². The highest BCUT2D eigenvalue weighted by atomic mass is 28.3. The number of pyridine rings is 2. The summed E-state index contributed by atoms with van der Waals surface area (Å²) in [5.74, 6) is 0.918. The Morgan fingerprint density at radius 3 is 2.18 bits per heavy atom. The molecule has 3 aromatic carbocycles. The van der Waals surface area contributed by atoms with Crippen LogP contribution in [0.2, 0.25) is 19.6 Å². The summed E-state index contributed by atoms with van der Waals surface area (Å²) in [4.78, 5) is 14.8. The number of hydrogen-bond donors (Lipinski definition) is 1. The Balaban J connectivity index is 1.57. The minimum Gasteiger partial charge on any atom is -0.507 e. The molecule has 0 unspecified atom stereocenters. The van der Waals surface area contributed by atoms with Crippen LogP contribution in [-0.4, -0.2) is 32.7 Å². The van der Waals surface area contributed by atoms with Crippen LogP contribution >= 0.6 is 0 Å². The number of aromatic hydroxyl groups is 1. The molecular weight excluding hydrogens is 557 g/mol. The van der Waals surface area contributed by atoms with Gasteiger partial charge in [0.1, 0.15) is 17.1 Å². The highest BCUT2D eigenvalue weighted by Crippen LogP contribution is 2.38. The number of rotatable bonds is 5. The molecule has 0 radical (unpaired) electrons. The highest BCUT2D eigenvalue weighted by molar-refractivity contribution is 6.89. The topological polar surface area (TPSA) is 63.8 Å². The Labute approximate surface area is 261 Å². The first-order chi connectivity index (χ1) is 20.8. The van der Waals surface area contributed by atoms with Gasteiger partial charge in [-0.3, -0.25) is 9.97 Å². The lowest BCUT2D eigenvalue weighted by atomic mass is 9.83. The zero-order valence-electron chi connectivity index (χ0n) is 26.9. The van der Waals surface area contributed by atoms with Gasteiger partial charge in [0.25, 0.3) is 0 Å². The second-order valence-corrected chi connectivity index (χ2v) is 18.9. The normalized spacial score (nSPS) is 12.2. The number of benzene rings is 3. The first-order valence-electron chi connectivity index (χ1n) is 15.1. The molecule has 6 aromatic rings. The van der Waals surface area contributed by atoms with Crippen molar-refractivity contribution in [2.75, 3.05) is 0 Å². The van der Waals surface area contributed by atoms with Crippen molar-refractivity contribution in [2.45, 2.75) is 52.8 Å². The maximum absolute atomic E-state index is 10.7. The number of fused-ring (bicyclic) bond motifs is 1. The predicted molar refractivity (Wildman–Crippen MR) is 186 cm³/mol. The van der Waals surface area contributed by atoms with Crippen LogP contribution in [0.5, 0.6) is 5.75 Å². The van der Waals surface area contributed by atoms with Crippen LogP contribution in [0.25, 0.3) is 55.9 Å². The molecule has 222 valence electrons. The average molecular weight is 597 g/mol. The van der Waals surface area contributed by atoms with Crippen LogP contribution in [0.15, 0.2) is 91.4 Å². The summed E-state index contributed by atoms with van der Waals surface area (Å²) in [7, 11) is 0.319. The lowest BCUT2D eigenvalue weighted by molar-refractivity contribution is 0.476. The molecule has 1 N–H and O–H groups in total. The Bertz CT molecular complexity index is 2010. The van der Waals surface area contributed by atoms with Crippen molar-refractivity contribution in [2.24, 2.45) is 7.05 Å². The number of imidazole rings is 1. The van der Waals surface area contributed by atoms with E-state index in [0.717, 1.165) is 39.0 Å². The third-order valence-electron chi connectivity index (χ3n) is 8.39. The van der Waals surface area contributed by atoms with Gasteiger partial charge in [0, 0.05) is 30.6 Å². The lowest BCUT2D eigenvalue weighted by Crippen LogP contribution is -2.39. The fourth-order valence-electron chi connectivity index (χ4n) is 5.81. The fraction of sp³-hybridized carbons (Fsp3) is 0.237. The molecule has 0 spiro atoms. The summed E-state index contributed by atoms with van der Waals surface area (Å²) >= 11 is 0. The Kier molecular flexibility index (Phi) is 7.29. The maximum Gasteiger partial charge on any atom is 0.144 e. The first-order valence-corrected chi connectivity index (χ1v) is 18.6. The molecule has 3 aromatic heterocycles. The van der Waals surface area contributed by atoms with Gasteiger partial charge in [-0.1, -0.05) is 88.4 Å². The summed E-state index contributed by atoms with van der Waals surface area (Å²) in [6.45, 7) is 15.9. The molecule has 0 saturated carbocycles. The Morgan fingerprint density at radius 1 is 0.750 bits per heavy atom. The smallest absolute Gasteiger partial charge is 0.144 e. The molecule has 0 fully saturated rings. The van der Waals surface area contributed by atoms with E-state index in [2.05, 4.69) is 106 Å². The van der Waals surface area contributed by atoms with Crippen LogP contribution < -0.4 is 5.19 Å². The number of aryl methyl sites for hydroxylation is 2. The summed E-state index contributed by atoms with van der Waals surface area (Å²) in [6.07, 6.45) is 5.85. The number of hydrogen-bond acceptors (Lipinski definition) is 4. The van der Waals surface area contributed by atoms with E-state index in [1.165, 1.54) is 21.9 Å². The largest absolute Gasteiger partial charge is 0.507 e. The van der Waals surface area contributed by atoms with Gasteiger partial charge in [0.05, 0.1) is 31.0 Å². The van der Waals surface area contributed by atoms with Gasteiger partial charge in [-0.15, -0.1) is 0 Å². The van der Waals surface area contributed by atoms with Crippen LogP contribution in [-0.2, 0) is 12.5 Å². The number of phenols is 1. The van der Waals surface area contributed by atoms with Crippen LogP contribution in [0, 0.1) is 6.92 Å². The van der Waals surface area contributed by atoms with Crippen molar-refractivity contribution in [1.82, 2.24) is 19.5 Å². The third-order valence-corrected chi connectivity index (χ3v) is 10.4. The van der Waals surface area contributed by atoms with Gasteiger partial charge in [-0.05, 0) is 70.1 Å². The summed E-state index contributed by atoms with van der Waals surface area (Å²) < 4.78 is 2.01. The molecule has 0 aliphatic rings. The zero-order valence-corrected chi connectivity index (χ0v) is 27.9. The number of aromatic nitrogens is 4. The Morgan fingerprint density at radius 2 is 1.48 bits per heavy atom. The molecule has 0 atom stereocenters. The molecule has 6 heteroatoms. The van der Waals surface area contributed by atoms with E-state index in [0.29, 0.717) is 11.4 Å². The molecule has 3 heterocycles. The molecule has 0 saturated heterocycles. The third kappa shape index (κ3) is 5.46. The molecule has 0 bridgehead atoms. The van der Waals surface area contributed by atoms with Gasteiger partial charge < -0.3 is 9.67 Å². The molecule has 0 amide bonds. The van der Waals surface area contributed by atoms with E-state index in [1.54, 1.807) is 6.07 Å². The Hall–Kier alpha value is -4.55. The molecular formula is C38H40N4OSi. The molecule has 6 rings (SSSR count). The molecule has 44 heavy (non-hydrogen) atoms. The van der Waals surface area contributed by atoms with E-state index in [4.69, 9.17) is 9.97 Å².